The van der Waals surface area contributed by atoms with Crippen molar-refractivity contribution in [3.63, 3.8) is 0 Å². The smallest absolute Gasteiger partial charge is 0.308 e. The normalized spacial score (nSPS) is 12.1. The van der Waals surface area contributed by atoms with Crippen LogP contribution in [0, 0.1) is 18.3 Å². The van der Waals surface area contributed by atoms with Crippen molar-refractivity contribution in [1.82, 2.24) is 0 Å². The number of aryl methyl sites for hydroxylation is 1. The number of carbonyl (C=O) groups excluding carboxylic acids is 1. The van der Waals surface area contributed by atoms with Crippen LogP contribution in [0.4, 0.5) is 0 Å². The largest absolute Gasteiger partial charge is 0.543 e. The molecule has 0 unspecified atom stereocenters. The number of hydrogen-bond acceptors (Lipinski definition) is 5. The highest BCUT2D eigenvalue weighted by Crippen LogP contribution is 2.46. The van der Waals surface area contributed by atoms with E-state index in [4.69, 9.17) is 9.16 Å². The average Bonchev–Trinajstić information content (AvgIpc) is 2.88. The molecule has 0 saturated heterocycles. The zero-order valence-corrected chi connectivity index (χ0v) is 19.3. The van der Waals surface area contributed by atoms with E-state index in [-0.39, 0.29) is 0 Å². The summed E-state index contributed by atoms with van der Waals surface area (Å²) < 4.78 is 13.1. The Labute approximate surface area is 167 Å². The summed E-state index contributed by atoms with van der Waals surface area (Å²) in [6, 6.07) is 6.16. The number of esters is 1. The fourth-order valence-electron chi connectivity index (χ4n) is 4.30. The summed E-state index contributed by atoms with van der Waals surface area (Å²) in [7, 11) is -2.07. The average molecular weight is 404 g/mol. The van der Waals surface area contributed by atoms with E-state index >= 15 is 0 Å². The first-order valence-electron chi connectivity index (χ1n) is 9.39. The van der Waals surface area contributed by atoms with E-state index in [0.29, 0.717) is 27.3 Å². The van der Waals surface area contributed by atoms with Crippen LogP contribution in [0.1, 0.15) is 58.9 Å². The molecule has 0 N–H and O–H groups in total. The van der Waals surface area contributed by atoms with Crippen molar-refractivity contribution >= 4 is 35.7 Å². The SMILES string of the molecule is CC(=O)Oc1c(C#N)sc2cc(O[Si](C(C)C)(C(C)C)C(C)C)cc(C)c12. The maximum absolute atomic E-state index is 11.5. The number of nitriles is 1. The van der Waals surface area contributed by atoms with Crippen LogP contribution in [-0.2, 0) is 4.79 Å². The Morgan fingerprint density at radius 3 is 2.11 bits per heavy atom. The molecule has 4 nitrogen and oxygen atoms in total. The minimum Gasteiger partial charge on any atom is -0.543 e. The van der Waals surface area contributed by atoms with Crippen molar-refractivity contribution in [2.45, 2.75) is 72.0 Å². The van der Waals surface area contributed by atoms with E-state index in [1.54, 1.807) is 0 Å². The lowest BCUT2D eigenvalue weighted by atomic mass is 10.1. The van der Waals surface area contributed by atoms with Crippen LogP contribution in [0.15, 0.2) is 12.1 Å². The summed E-state index contributed by atoms with van der Waals surface area (Å²) in [5, 5.41) is 10.3. The number of benzene rings is 1. The number of nitrogens with zero attached hydrogens (tertiary/aromatic N) is 1. The molecule has 0 saturated carbocycles. The molecule has 6 heteroatoms. The highest BCUT2D eigenvalue weighted by Gasteiger charge is 2.47. The maximum atomic E-state index is 11.5. The van der Waals surface area contributed by atoms with E-state index in [2.05, 4.69) is 47.6 Å². The summed E-state index contributed by atoms with van der Waals surface area (Å²) >= 11 is 1.34. The van der Waals surface area contributed by atoms with E-state index in [1.165, 1.54) is 18.3 Å². The van der Waals surface area contributed by atoms with Crippen LogP contribution in [0.3, 0.4) is 0 Å². The highest BCUT2D eigenvalue weighted by molar-refractivity contribution is 7.20. The lowest BCUT2D eigenvalue weighted by molar-refractivity contribution is -0.131. The van der Waals surface area contributed by atoms with Gasteiger partial charge in [-0.15, -0.1) is 11.3 Å². The summed E-state index contributed by atoms with van der Waals surface area (Å²) in [5.74, 6) is 0.800. The van der Waals surface area contributed by atoms with Gasteiger partial charge < -0.3 is 9.16 Å². The van der Waals surface area contributed by atoms with Crippen molar-refractivity contribution < 1.29 is 14.0 Å². The maximum Gasteiger partial charge on any atom is 0.308 e. The second kappa shape index (κ2) is 8.03. The Balaban J connectivity index is 2.62. The molecule has 0 spiro atoms. The van der Waals surface area contributed by atoms with Gasteiger partial charge in [-0.2, -0.15) is 5.26 Å². The Bertz CT molecular complexity index is 871. The molecule has 2 aromatic rings. The summed E-state index contributed by atoms with van der Waals surface area (Å²) in [5.41, 5.74) is 2.38. The van der Waals surface area contributed by atoms with Crippen LogP contribution in [0.25, 0.3) is 10.1 Å². The lowest BCUT2D eigenvalue weighted by Gasteiger charge is -2.42. The van der Waals surface area contributed by atoms with Crippen LogP contribution in [-0.4, -0.2) is 14.3 Å². The molecule has 146 valence electrons. The third kappa shape index (κ3) is 3.90. The summed E-state index contributed by atoms with van der Waals surface area (Å²) in [6.07, 6.45) is 0. The van der Waals surface area contributed by atoms with E-state index in [9.17, 15) is 10.1 Å². The summed E-state index contributed by atoms with van der Waals surface area (Å²) in [6.45, 7) is 16.9. The molecule has 0 aliphatic heterocycles. The molecule has 0 aliphatic carbocycles. The second-order valence-corrected chi connectivity index (χ2v) is 14.4. The predicted molar refractivity (Wildman–Crippen MR) is 114 cm³/mol. The minimum atomic E-state index is -2.07. The number of carbonyl (C=O) groups is 1. The fraction of sp³-hybridized carbons (Fsp3) is 0.524. The standard InChI is InChI=1S/C21H29NO3SSi/c1-12(2)27(13(3)4,14(5)6)25-17-9-15(7)20-18(10-17)26-19(11-22)21(20)24-16(8)23/h9-10,12-14H,1-8H3. The third-order valence-electron chi connectivity index (χ3n) is 5.27. The van der Waals surface area contributed by atoms with Gasteiger partial charge in [-0.05, 0) is 41.2 Å². The van der Waals surface area contributed by atoms with Gasteiger partial charge in [0, 0.05) is 17.0 Å². The van der Waals surface area contributed by atoms with Gasteiger partial charge in [0.1, 0.15) is 16.7 Å². The molecule has 27 heavy (non-hydrogen) atoms. The number of thiophene rings is 1. The third-order valence-corrected chi connectivity index (χ3v) is 12.3. The first-order chi connectivity index (χ1) is 12.5. The zero-order valence-electron chi connectivity index (χ0n) is 17.5. The predicted octanol–water partition coefficient (Wildman–Crippen LogP) is 6.56. The number of hydrogen-bond donors (Lipinski definition) is 0. The topological polar surface area (TPSA) is 59.3 Å². The number of ether oxygens (including phenoxy) is 1. The van der Waals surface area contributed by atoms with Crippen molar-refractivity contribution in [2.24, 2.45) is 0 Å². The van der Waals surface area contributed by atoms with Crippen LogP contribution in [0.5, 0.6) is 11.5 Å². The van der Waals surface area contributed by atoms with E-state index < -0.39 is 14.3 Å². The van der Waals surface area contributed by atoms with Gasteiger partial charge in [0.05, 0.1) is 0 Å². The molecule has 0 amide bonds. The van der Waals surface area contributed by atoms with Gasteiger partial charge >= 0.3 is 5.97 Å². The molecule has 0 aliphatic rings. The minimum absolute atomic E-state index is 0.370. The highest BCUT2D eigenvalue weighted by atomic mass is 32.1. The van der Waals surface area contributed by atoms with Gasteiger partial charge in [0.15, 0.2) is 5.75 Å². The molecule has 1 aromatic carbocycles. The molecule has 0 radical (unpaired) electrons. The Morgan fingerprint density at radius 2 is 1.67 bits per heavy atom. The van der Waals surface area contributed by atoms with E-state index in [0.717, 1.165) is 21.4 Å². The summed E-state index contributed by atoms with van der Waals surface area (Å²) in [4.78, 5) is 11.9. The molecule has 2 rings (SSSR count). The monoisotopic (exact) mass is 403 g/mol. The van der Waals surface area contributed by atoms with E-state index in [1.807, 2.05) is 19.1 Å². The van der Waals surface area contributed by atoms with Gasteiger partial charge in [-0.1, -0.05) is 41.5 Å². The van der Waals surface area contributed by atoms with Crippen molar-refractivity contribution in [1.29, 1.82) is 5.26 Å². The fourth-order valence-corrected chi connectivity index (χ4v) is 10.6. The first-order valence-corrected chi connectivity index (χ1v) is 12.3. The van der Waals surface area contributed by atoms with Crippen molar-refractivity contribution in [2.75, 3.05) is 0 Å². The van der Waals surface area contributed by atoms with Gasteiger partial charge in [-0.25, -0.2) is 0 Å². The molecule has 1 heterocycles. The molecular formula is C21H29NO3SSi. The molecule has 1 aromatic heterocycles. The van der Waals surface area contributed by atoms with Crippen LogP contribution in [0.2, 0.25) is 16.6 Å². The zero-order chi connectivity index (χ0) is 20.5. The van der Waals surface area contributed by atoms with Gasteiger partial charge in [-0.3, -0.25) is 4.79 Å². The van der Waals surface area contributed by atoms with Crippen molar-refractivity contribution in [3.05, 3.63) is 22.6 Å². The second-order valence-electron chi connectivity index (χ2n) is 8.00. The molecule has 0 atom stereocenters. The van der Waals surface area contributed by atoms with Crippen LogP contribution >= 0.6 is 11.3 Å². The Hall–Kier alpha value is -1.84. The molecule has 0 bridgehead atoms. The molecular weight excluding hydrogens is 374 g/mol. The Kier molecular flexibility index (Phi) is 6.38. The van der Waals surface area contributed by atoms with Gasteiger partial charge in [0.2, 0.25) is 0 Å². The number of rotatable bonds is 6. The first kappa shape index (κ1) is 21.5. The van der Waals surface area contributed by atoms with Gasteiger partial charge in [0.25, 0.3) is 8.32 Å². The molecule has 0 fully saturated rings. The Morgan fingerprint density at radius 1 is 1.11 bits per heavy atom. The lowest BCUT2D eigenvalue weighted by Crippen LogP contribution is -2.50. The number of fused-ring (bicyclic) bond motifs is 1. The van der Waals surface area contributed by atoms with Crippen molar-refractivity contribution in [3.8, 4) is 17.6 Å². The van der Waals surface area contributed by atoms with Crippen LogP contribution < -0.4 is 9.16 Å². The quantitative estimate of drug-likeness (QED) is 0.405.